The van der Waals surface area contributed by atoms with Crippen LogP contribution in [0, 0.1) is 0 Å². The standard InChI is InChI=1S/C13H13Cl2NO2/c1-13(8-14,9-2-4-10(15)5-3-9)16-11(17)6-7-12(16)18/h2-5H,6-8H2,1H3. The van der Waals surface area contributed by atoms with Gasteiger partial charge in [-0.3, -0.25) is 14.5 Å². The molecule has 1 fully saturated rings. The molecular weight excluding hydrogens is 273 g/mol. The summed E-state index contributed by atoms with van der Waals surface area (Å²) in [5.74, 6) is -0.178. The zero-order valence-electron chi connectivity index (χ0n) is 9.95. The predicted octanol–water partition coefficient (Wildman–Crippen LogP) is 2.94. The molecule has 1 saturated heterocycles. The molecule has 96 valence electrons. The fraction of sp³-hybridized carbons (Fsp3) is 0.385. The van der Waals surface area contributed by atoms with Crippen molar-refractivity contribution in [3.8, 4) is 0 Å². The average molecular weight is 286 g/mol. The summed E-state index contributed by atoms with van der Waals surface area (Å²) in [7, 11) is 0. The number of rotatable bonds is 3. The first-order valence-electron chi connectivity index (χ1n) is 5.67. The normalized spacial score (nSPS) is 19.2. The Bertz CT molecular complexity index is 470. The molecule has 3 nitrogen and oxygen atoms in total. The van der Waals surface area contributed by atoms with Gasteiger partial charge >= 0.3 is 0 Å². The molecule has 1 heterocycles. The van der Waals surface area contributed by atoms with Crippen molar-refractivity contribution in [1.29, 1.82) is 0 Å². The molecule has 1 aliphatic rings. The molecule has 18 heavy (non-hydrogen) atoms. The Kier molecular flexibility index (Phi) is 3.64. The van der Waals surface area contributed by atoms with Crippen LogP contribution in [0.4, 0.5) is 0 Å². The second-order valence-electron chi connectivity index (χ2n) is 4.54. The molecule has 1 unspecified atom stereocenters. The Labute approximate surface area is 116 Å². The second-order valence-corrected chi connectivity index (χ2v) is 5.24. The third-order valence-corrected chi connectivity index (χ3v) is 4.04. The number of halogens is 2. The van der Waals surface area contributed by atoms with Crippen LogP contribution < -0.4 is 0 Å². The number of alkyl halides is 1. The Balaban J connectivity index is 2.44. The van der Waals surface area contributed by atoms with Gasteiger partial charge < -0.3 is 0 Å². The minimum Gasteiger partial charge on any atom is -0.274 e. The van der Waals surface area contributed by atoms with E-state index in [0.29, 0.717) is 5.02 Å². The smallest absolute Gasteiger partial charge is 0.230 e. The molecule has 0 radical (unpaired) electrons. The van der Waals surface area contributed by atoms with Crippen LogP contribution in [0.3, 0.4) is 0 Å². The minimum absolute atomic E-state index is 0.159. The summed E-state index contributed by atoms with van der Waals surface area (Å²) in [5, 5.41) is 0.606. The van der Waals surface area contributed by atoms with Crippen molar-refractivity contribution < 1.29 is 9.59 Å². The number of imide groups is 1. The number of hydrogen-bond donors (Lipinski definition) is 0. The maximum Gasteiger partial charge on any atom is 0.230 e. The van der Waals surface area contributed by atoms with E-state index in [1.165, 1.54) is 4.90 Å². The number of nitrogens with zero attached hydrogens (tertiary/aromatic N) is 1. The Hall–Kier alpha value is -1.06. The topological polar surface area (TPSA) is 37.4 Å². The van der Waals surface area contributed by atoms with Crippen LogP contribution in [-0.2, 0) is 15.1 Å². The number of carbonyl (C=O) groups is 2. The summed E-state index contributed by atoms with van der Waals surface area (Å²) < 4.78 is 0. The number of carbonyl (C=O) groups excluding carboxylic acids is 2. The van der Waals surface area contributed by atoms with Crippen molar-refractivity contribution >= 4 is 35.0 Å². The van der Waals surface area contributed by atoms with Crippen LogP contribution in [0.15, 0.2) is 24.3 Å². The summed E-state index contributed by atoms with van der Waals surface area (Å²) >= 11 is 11.9. The van der Waals surface area contributed by atoms with Crippen molar-refractivity contribution in [3.63, 3.8) is 0 Å². The van der Waals surface area contributed by atoms with Crippen LogP contribution in [0.2, 0.25) is 5.02 Å². The average Bonchev–Trinajstić information content (AvgIpc) is 2.69. The highest BCUT2D eigenvalue weighted by Crippen LogP contribution is 2.34. The number of amides is 2. The van der Waals surface area contributed by atoms with E-state index in [0.717, 1.165) is 5.56 Å². The van der Waals surface area contributed by atoms with Gasteiger partial charge in [0.2, 0.25) is 11.8 Å². The monoisotopic (exact) mass is 285 g/mol. The summed E-state index contributed by atoms with van der Waals surface area (Å²) in [6, 6.07) is 7.05. The van der Waals surface area contributed by atoms with Crippen LogP contribution in [0.1, 0.15) is 25.3 Å². The zero-order chi connectivity index (χ0) is 13.3. The van der Waals surface area contributed by atoms with Gasteiger partial charge in [-0.15, -0.1) is 11.6 Å². The van der Waals surface area contributed by atoms with E-state index in [2.05, 4.69) is 0 Å². The lowest BCUT2D eigenvalue weighted by molar-refractivity contribution is -0.144. The maximum atomic E-state index is 11.9. The molecule has 0 N–H and O–H groups in total. The maximum absolute atomic E-state index is 11.9. The first kappa shape index (κ1) is 13.4. The van der Waals surface area contributed by atoms with E-state index in [4.69, 9.17) is 23.2 Å². The Morgan fingerprint density at radius 2 is 1.67 bits per heavy atom. The molecule has 1 atom stereocenters. The fourth-order valence-electron chi connectivity index (χ4n) is 2.20. The molecule has 0 aromatic heterocycles. The number of hydrogen-bond acceptors (Lipinski definition) is 2. The lowest BCUT2D eigenvalue weighted by Crippen LogP contribution is -2.48. The van der Waals surface area contributed by atoms with Gasteiger partial charge in [-0.2, -0.15) is 0 Å². The molecule has 1 aromatic rings. The van der Waals surface area contributed by atoms with Gasteiger partial charge in [-0.05, 0) is 24.6 Å². The van der Waals surface area contributed by atoms with Crippen molar-refractivity contribution in [1.82, 2.24) is 4.90 Å². The largest absolute Gasteiger partial charge is 0.274 e. The van der Waals surface area contributed by atoms with Gasteiger partial charge in [0.25, 0.3) is 0 Å². The molecule has 5 heteroatoms. The third kappa shape index (κ3) is 2.13. The molecule has 1 aliphatic heterocycles. The molecule has 0 saturated carbocycles. The highest BCUT2D eigenvalue weighted by molar-refractivity contribution is 6.30. The van der Waals surface area contributed by atoms with Crippen LogP contribution >= 0.6 is 23.2 Å². The summed E-state index contributed by atoms with van der Waals surface area (Å²) in [5.41, 5.74) is 0.00193. The van der Waals surface area contributed by atoms with Gasteiger partial charge in [0.05, 0.1) is 11.4 Å². The highest BCUT2D eigenvalue weighted by Gasteiger charge is 2.43. The summed E-state index contributed by atoms with van der Waals surface area (Å²) in [4.78, 5) is 25.0. The predicted molar refractivity (Wildman–Crippen MR) is 70.6 cm³/mol. The van der Waals surface area contributed by atoms with E-state index in [-0.39, 0.29) is 30.5 Å². The van der Waals surface area contributed by atoms with Crippen molar-refractivity contribution in [2.75, 3.05) is 5.88 Å². The summed E-state index contributed by atoms with van der Waals surface area (Å²) in [6.45, 7) is 1.80. The summed E-state index contributed by atoms with van der Waals surface area (Å²) in [6.07, 6.45) is 0.526. The SMILES string of the molecule is CC(CCl)(c1ccc(Cl)cc1)N1C(=O)CCC1=O. The third-order valence-electron chi connectivity index (χ3n) is 3.27. The first-order valence-corrected chi connectivity index (χ1v) is 6.58. The van der Waals surface area contributed by atoms with E-state index >= 15 is 0 Å². The van der Waals surface area contributed by atoms with Crippen molar-refractivity contribution in [3.05, 3.63) is 34.9 Å². The lowest BCUT2D eigenvalue weighted by Gasteiger charge is -2.36. The Morgan fingerprint density at radius 1 is 1.17 bits per heavy atom. The first-order chi connectivity index (χ1) is 8.49. The second kappa shape index (κ2) is 4.90. The van der Waals surface area contributed by atoms with E-state index in [9.17, 15) is 9.59 Å². The van der Waals surface area contributed by atoms with Crippen molar-refractivity contribution in [2.45, 2.75) is 25.3 Å². The molecular formula is C13H13Cl2NO2. The van der Waals surface area contributed by atoms with Gasteiger partial charge in [0, 0.05) is 17.9 Å². The van der Waals surface area contributed by atoms with E-state index in [1.807, 2.05) is 0 Å². The van der Waals surface area contributed by atoms with E-state index < -0.39 is 5.54 Å². The highest BCUT2D eigenvalue weighted by atomic mass is 35.5. The van der Waals surface area contributed by atoms with Crippen LogP contribution in [-0.4, -0.2) is 22.6 Å². The molecule has 1 aromatic carbocycles. The molecule has 2 amide bonds. The van der Waals surface area contributed by atoms with Gasteiger partial charge in [-0.1, -0.05) is 23.7 Å². The van der Waals surface area contributed by atoms with Crippen LogP contribution in [0.25, 0.3) is 0 Å². The quantitative estimate of drug-likeness (QED) is 0.633. The van der Waals surface area contributed by atoms with E-state index in [1.54, 1.807) is 31.2 Å². The van der Waals surface area contributed by atoms with Gasteiger partial charge in [-0.25, -0.2) is 0 Å². The zero-order valence-corrected chi connectivity index (χ0v) is 11.5. The number of benzene rings is 1. The Morgan fingerprint density at radius 3 is 2.11 bits per heavy atom. The van der Waals surface area contributed by atoms with Gasteiger partial charge in [0.15, 0.2) is 0 Å². The fourth-order valence-corrected chi connectivity index (χ4v) is 2.60. The number of likely N-dealkylation sites (tertiary alicyclic amines) is 1. The lowest BCUT2D eigenvalue weighted by atomic mass is 9.92. The molecule has 0 bridgehead atoms. The molecule has 0 aliphatic carbocycles. The van der Waals surface area contributed by atoms with Crippen LogP contribution in [0.5, 0.6) is 0 Å². The van der Waals surface area contributed by atoms with Gasteiger partial charge in [0.1, 0.15) is 0 Å². The molecule has 0 spiro atoms. The van der Waals surface area contributed by atoms with Crippen molar-refractivity contribution in [2.24, 2.45) is 0 Å². The minimum atomic E-state index is -0.809. The molecule has 2 rings (SSSR count).